The van der Waals surface area contributed by atoms with Gasteiger partial charge in [0.25, 0.3) is 0 Å². The maximum Gasteiger partial charge on any atom is 0.223 e. The molecule has 1 aromatic carbocycles. The molecule has 0 radical (unpaired) electrons. The van der Waals surface area contributed by atoms with Crippen LogP contribution in [-0.4, -0.2) is 24.7 Å². The first kappa shape index (κ1) is 15.8. The van der Waals surface area contributed by atoms with Crippen LogP contribution in [0.5, 0.6) is 5.75 Å². The number of nitrogens with one attached hydrogen (secondary N) is 1. The lowest BCUT2D eigenvalue weighted by atomic mass is 9.82. The number of methoxy groups -OCH3 is 1. The molecule has 1 aromatic rings. The van der Waals surface area contributed by atoms with Gasteiger partial charge in [0.05, 0.1) is 13.2 Å². The van der Waals surface area contributed by atoms with Crippen molar-refractivity contribution in [3.8, 4) is 5.75 Å². The lowest BCUT2D eigenvalue weighted by Crippen LogP contribution is -2.35. The fourth-order valence-corrected chi connectivity index (χ4v) is 2.98. The third-order valence-corrected chi connectivity index (χ3v) is 4.26. The molecule has 4 nitrogen and oxygen atoms in total. The molecule has 21 heavy (non-hydrogen) atoms. The number of amides is 1. The average Bonchev–Trinajstić information content (AvgIpc) is 2.52. The van der Waals surface area contributed by atoms with Crippen LogP contribution in [0.1, 0.15) is 44.3 Å². The number of aliphatic hydroxyl groups excluding tert-OH is 1. The molecule has 2 N–H and O–H groups in total. The molecule has 0 aliphatic heterocycles. The molecule has 1 aliphatic carbocycles. The number of rotatable bonds is 5. The first-order valence-corrected chi connectivity index (χ1v) is 7.70. The van der Waals surface area contributed by atoms with E-state index in [0.29, 0.717) is 11.7 Å². The topological polar surface area (TPSA) is 58.6 Å². The number of carbonyl (C=O) groups is 1. The van der Waals surface area contributed by atoms with Crippen LogP contribution in [0.15, 0.2) is 24.3 Å². The summed E-state index contributed by atoms with van der Waals surface area (Å²) in [5.41, 5.74) is 0.756. The Bertz CT molecular complexity index is 475. The van der Waals surface area contributed by atoms with Gasteiger partial charge in [0.2, 0.25) is 5.91 Å². The van der Waals surface area contributed by atoms with Crippen molar-refractivity contribution < 1.29 is 14.6 Å². The highest BCUT2D eigenvalue weighted by Crippen LogP contribution is 2.28. The molecule has 3 unspecified atom stereocenters. The summed E-state index contributed by atoms with van der Waals surface area (Å²) < 4.78 is 5.14. The number of hydrogen-bond donors (Lipinski definition) is 2. The predicted octanol–water partition coefficient (Wildman–Crippen LogP) is 2.67. The summed E-state index contributed by atoms with van der Waals surface area (Å²) in [6.45, 7) is 2.45. The number of hydrogen-bond acceptors (Lipinski definition) is 3. The highest BCUT2D eigenvalue weighted by Gasteiger charge is 2.25. The second-order valence-electron chi connectivity index (χ2n) is 6.01. The molecular formula is C17H25NO3. The van der Waals surface area contributed by atoms with E-state index in [9.17, 15) is 9.90 Å². The van der Waals surface area contributed by atoms with Gasteiger partial charge in [0.15, 0.2) is 0 Å². The maximum absolute atomic E-state index is 12.2. The van der Waals surface area contributed by atoms with Gasteiger partial charge >= 0.3 is 0 Å². The molecule has 2 rings (SSSR count). The van der Waals surface area contributed by atoms with Gasteiger partial charge in [0, 0.05) is 12.5 Å². The van der Waals surface area contributed by atoms with Gasteiger partial charge in [-0.2, -0.15) is 0 Å². The van der Waals surface area contributed by atoms with Crippen LogP contribution in [0, 0.1) is 11.8 Å². The van der Waals surface area contributed by atoms with Crippen LogP contribution >= 0.6 is 0 Å². The molecule has 1 aliphatic rings. The van der Waals surface area contributed by atoms with Crippen molar-refractivity contribution in [3.63, 3.8) is 0 Å². The summed E-state index contributed by atoms with van der Waals surface area (Å²) in [4.78, 5) is 12.2. The molecule has 1 saturated carbocycles. The Morgan fingerprint density at radius 3 is 3.00 bits per heavy atom. The predicted molar refractivity (Wildman–Crippen MR) is 82.1 cm³/mol. The monoisotopic (exact) mass is 291 g/mol. The molecule has 116 valence electrons. The van der Waals surface area contributed by atoms with Crippen LogP contribution in [0.25, 0.3) is 0 Å². The van der Waals surface area contributed by atoms with Crippen molar-refractivity contribution in [1.82, 2.24) is 5.32 Å². The van der Waals surface area contributed by atoms with Crippen LogP contribution in [0.3, 0.4) is 0 Å². The summed E-state index contributed by atoms with van der Waals surface area (Å²) >= 11 is 0. The molecule has 1 fully saturated rings. The van der Waals surface area contributed by atoms with E-state index in [0.717, 1.165) is 24.8 Å². The second-order valence-corrected chi connectivity index (χ2v) is 6.01. The van der Waals surface area contributed by atoms with Crippen molar-refractivity contribution in [3.05, 3.63) is 29.8 Å². The fourth-order valence-electron chi connectivity index (χ4n) is 2.98. The molecule has 0 spiro atoms. The quantitative estimate of drug-likeness (QED) is 0.877. The van der Waals surface area contributed by atoms with Gasteiger partial charge in [-0.15, -0.1) is 0 Å². The van der Waals surface area contributed by atoms with Gasteiger partial charge < -0.3 is 15.2 Å². The van der Waals surface area contributed by atoms with Crippen molar-refractivity contribution in [1.29, 1.82) is 0 Å². The Morgan fingerprint density at radius 1 is 1.48 bits per heavy atom. The third-order valence-electron chi connectivity index (χ3n) is 4.26. The standard InChI is InChI=1S/C17H25NO3/c1-12-5-3-7-14(9-12)17(20)18-11-16(19)13-6-4-8-15(10-13)21-2/h4,6,8,10,12,14,16,19H,3,5,7,9,11H2,1-2H3,(H,18,20). The third kappa shape index (κ3) is 4.46. The zero-order valence-corrected chi connectivity index (χ0v) is 12.8. The number of benzene rings is 1. The normalized spacial score (nSPS) is 23.4. The minimum absolute atomic E-state index is 0.0727. The van der Waals surface area contributed by atoms with E-state index in [1.165, 1.54) is 6.42 Å². The molecule has 0 aromatic heterocycles. The highest BCUT2D eigenvalue weighted by atomic mass is 16.5. The Kier molecular flexibility index (Phi) is 5.62. The molecule has 4 heteroatoms. The lowest BCUT2D eigenvalue weighted by molar-refractivity contribution is -0.126. The average molecular weight is 291 g/mol. The van der Waals surface area contributed by atoms with E-state index in [1.807, 2.05) is 18.2 Å². The van der Waals surface area contributed by atoms with Crippen molar-refractivity contribution in [2.75, 3.05) is 13.7 Å². The Balaban J connectivity index is 1.85. The zero-order valence-electron chi connectivity index (χ0n) is 12.8. The van der Waals surface area contributed by atoms with Crippen molar-refractivity contribution in [2.24, 2.45) is 11.8 Å². The summed E-state index contributed by atoms with van der Waals surface area (Å²) in [6, 6.07) is 7.29. The summed E-state index contributed by atoms with van der Waals surface area (Å²) in [5, 5.41) is 13.0. The summed E-state index contributed by atoms with van der Waals surface area (Å²) in [5.74, 6) is 1.51. The number of ether oxygens (including phenoxy) is 1. The largest absolute Gasteiger partial charge is 0.497 e. The van der Waals surface area contributed by atoms with Crippen molar-refractivity contribution in [2.45, 2.75) is 38.7 Å². The Hall–Kier alpha value is -1.55. The molecule has 0 heterocycles. The lowest BCUT2D eigenvalue weighted by Gasteiger charge is -2.26. The second kappa shape index (κ2) is 7.46. The first-order valence-electron chi connectivity index (χ1n) is 7.70. The Labute approximate surface area is 126 Å². The molecule has 0 saturated heterocycles. The van der Waals surface area contributed by atoms with E-state index in [2.05, 4.69) is 12.2 Å². The SMILES string of the molecule is COc1cccc(C(O)CNC(=O)C2CCCC(C)C2)c1. The van der Waals surface area contributed by atoms with Crippen LogP contribution in [-0.2, 0) is 4.79 Å². The van der Waals surface area contributed by atoms with Crippen molar-refractivity contribution >= 4 is 5.91 Å². The first-order chi connectivity index (χ1) is 10.1. The Morgan fingerprint density at radius 2 is 2.29 bits per heavy atom. The highest BCUT2D eigenvalue weighted by molar-refractivity contribution is 5.78. The summed E-state index contributed by atoms with van der Waals surface area (Å²) in [6.07, 6.45) is 3.56. The minimum atomic E-state index is -0.704. The van der Waals surface area contributed by atoms with Crippen LogP contribution in [0.2, 0.25) is 0 Å². The number of carbonyl (C=O) groups excluding carboxylic acids is 1. The van der Waals surface area contributed by atoms with Crippen LogP contribution < -0.4 is 10.1 Å². The minimum Gasteiger partial charge on any atom is -0.497 e. The van der Waals surface area contributed by atoms with Gasteiger partial charge in [-0.25, -0.2) is 0 Å². The smallest absolute Gasteiger partial charge is 0.223 e. The zero-order chi connectivity index (χ0) is 15.2. The fraction of sp³-hybridized carbons (Fsp3) is 0.588. The van der Waals surface area contributed by atoms with E-state index < -0.39 is 6.10 Å². The summed E-state index contributed by atoms with van der Waals surface area (Å²) in [7, 11) is 1.59. The van der Waals surface area contributed by atoms with Gasteiger partial charge in [-0.3, -0.25) is 4.79 Å². The van der Waals surface area contributed by atoms with Gasteiger partial charge in [-0.1, -0.05) is 31.9 Å². The molecule has 3 atom stereocenters. The van der Waals surface area contributed by atoms with E-state index in [-0.39, 0.29) is 18.4 Å². The number of aliphatic hydroxyl groups is 1. The molecule has 0 bridgehead atoms. The van der Waals surface area contributed by atoms with Gasteiger partial charge in [-0.05, 0) is 36.5 Å². The van der Waals surface area contributed by atoms with Crippen LogP contribution in [0.4, 0.5) is 0 Å². The van der Waals surface area contributed by atoms with E-state index in [1.54, 1.807) is 13.2 Å². The van der Waals surface area contributed by atoms with E-state index >= 15 is 0 Å². The molecular weight excluding hydrogens is 266 g/mol. The van der Waals surface area contributed by atoms with E-state index in [4.69, 9.17) is 4.74 Å². The maximum atomic E-state index is 12.2. The molecule has 1 amide bonds. The van der Waals surface area contributed by atoms with Gasteiger partial charge in [0.1, 0.15) is 5.75 Å².